The Morgan fingerprint density at radius 3 is 2.44 bits per heavy atom. The molecule has 174 valence electrons. The Morgan fingerprint density at radius 2 is 1.78 bits per heavy atom. The average molecular weight is 556 g/mol. The number of aliphatic imine (C=N–C) groups is 1. The number of anilines is 1. The minimum Gasteiger partial charge on any atom is -0.381 e. The summed E-state index contributed by atoms with van der Waals surface area (Å²) >= 11 is 0. The van der Waals surface area contributed by atoms with E-state index in [4.69, 9.17) is 4.74 Å². The van der Waals surface area contributed by atoms with Crippen molar-refractivity contribution in [2.45, 2.75) is 30.7 Å². The van der Waals surface area contributed by atoms with E-state index in [0.717, 1.165) is 39.0 Å². The van der Waals surface area contributed by atoms with Crippen molar-refractivity contribution in [1.29, 1.82) is 0 Å². The molecule has 4 rings (SSSR count). The molecule has 1 atom stereocenters. The van der Waals surface area contributed by atoms with Gasteiger partial charge in [0.2, 0.25) is 0 Å². The Bertz CT molecular complexity index is 886. The maximum atomic E-state index is 14.1. The van der Waals surface area contributed by atoms with Gasteiger partial charge in [-0.3, -0.25) is 4.99 Å². The number of rotatable bonds is 5. The predicted octanol–water partition coefficient (Wildman–Crippen LogP) is 4.07. The summed E-state index contributed by atoms with van der Waals surface area (Å²) in [5.74, 6) is -0.331. The summed E-state index contributed by atoms with van der Waals surface area (Å²) in [6, 6.07) is 14.6. The van der Waals surface area contributed by atoms with E-state index in [0.29, 0.717) is 19.0 Å². The lowest BCUT2D eigenvalue weighted by Gasteiger charge is -2.38. The minimum absolute atomic E-state index is 0. The normalized spacial score (nSPS) is 20.5. The predicted molar refractivity (Wildman–Crippen MR) is 135 cm³/mol. The third-order valence-electron chi connectivity index (χ3n) is 6.44. The molecule has 2 aromatic rings. The first kappa shape index (κ1) is 24.7. The zero-order valence-electron chi connectivity index (χ0n) is 18.3. The van der Waals surface area contributed by atoms with Crippen molar-refractivity contribution in [3.63, 3.8) is 0 Å². The molecule has 5 nitrogen and oxygen atoms in total. The van der Waals surface area contributed by atoms with Crippen molar-refractivity contribution in [3.8, 4) is 0 Å². The number of para-hydroxylation sites is 1. The lowest BCUT2D eigenvalue weighted by atomic mass is 9.74. The summed E-state index contributed by atoms with van der Waals surface area (Å²) in [7, 11) is 1.75. The van der Waals surface area contributed by atoms with Gasteiger partial charge in [-0.2, -0.15) is 0 Å². The Hall–Kier alpha value is -1.94. The summed E-state index contributed by atoms with van der Waals surface area (Å²) in [5.41, 5.74) is 1.36. The summed E-state index contributed by atoms with van der Waals surface area (Å²) in [5, 5.41) is 6.93. The van der Waals surface area contributed by atoms with E-state index < -0.39 is 11.6 Å². The second kappa shape index (κ2) is 11.3. The molecule has 0 saturated carbocycles. The molecule has 0 radical (unpaired) electrons. The molecule has 0 aliphatic carbocycles. The number of halogens is 3. The molecule has 32 heavy (non-hydrogen) atoms. The fourth-order valence-corrected chi connectivity index (χ4v) is 4.63. The largest absolute Gasteiger partial charge is 0.381 e. The quantitative estimate of drug-likeness (QED) is 0.331. The zero-order valence-corrected chi connectivity index (χ0v) is 20.7. The third kappa shape index (κ3) is 5.51. The molecule has 2 aliphatic heterocycles. The molecule has 8 heteroatoms. The highest BCUT2D eigenvalue weighted by Crippen LogP contribution is 2.34. The average Bonchev–Trinajstić information content (AvgIpc) is 3.25. The van der Waals surface area contributed by atoms with Gasteiger partial charge in [0.1, 0.15) is 17.3 Å². The van der Waals surface area contributed by atoms with Crippen LogP contribution in [0.2, 0.25) is 0 Å². The molecule has 2 heterocycles. The van der Waals surface area contributed by atoms with Gasteiger partial charge in [-0.15, -0.1) is 24.0 Å². The summed E-state index contributed by atoms with van der Waals surface area (Å²) in [4.78, 5) is 6.15. The van der Waals surface area contributed by atoms with Crippen molar-refractivity contribution in [2.75, 3.05) is 44.8 Å². The maximum absolute atomic E-state index is 14.1. The van der Waals surface area contributed by atoms with Gasteiger partial charge in [0, 0.05) is 51.4 Å². The van der Waals surface area contributed by atoms with Crippen LogP contribution in [-0.4, -0.2) is 51.9 Å². The van der Waals surface area contributed by atoms with Crippen LogP contribution in [0.3, 0.4) is 0 Å². The van der Waals surface area contributed by atoms with Crippen LogP contribution in [0.1, 0.15) is 24.8 Å². The number of nitrogens with one attached hydrogen (secondary N) is 2. The molecule has 2 N–H and O–H groups in total. The molecular formula is C24H31F2IN4O. The molecule has 0 aromatic heterocycles. The number of hydrogen-bond acceptors (Lipinski definition) is 3. The Kier molecular flexibility index (Phi) is 8.70. The summed E-state index contributed by atoms with van der Waals surface area (Å²) in [6.07, 6.45) is 2.68. The lowest BCUT2D eigenvalue weighted by Crippen LogP contribution is -2.50. The summed E-state index contributed by atoms with van der Waals surface area (Å²) < 4.78 is 33.9. The first-order chi connectivity index (χ1) is 15.1. The monoisotopic (exact) mass is 556 g/mol. The topological polar surface area (TPSA) is 48.9 Å². The van der Waals surface area contributed by atoms with Gasteiger partial charge in [0.05, 0.1) is 0 Å². The zero-order chi connectivity index (χ0) is 21.7. The van der Waals surface area contributed by atoms with Crippen LogP contribution in [0.4, 0.5) is 14.5 Å². The number of guanidine groups is 1. The van der Waals surface area contributed by atoms with Gasteiger partial charge >= 0.3 is 0 Å². The van der Waals surface area contributed by atoms with Crippen LogP contribution >= 0.6 is 24.0 Å². The van der Waals surface area contributed by atoms with Gasteiger partial charge in [-0.1, -0.05) is 36.4 Å². The van der Waals surface area contributed by atoms with Gasteiger partial charge < -0.3 is 20.3 Å². The number of hydrogen-bond donors (Lipinski definition) is 2. The maximum Gasteiger partial charge on any atom is 0.191 e. The fourth-order valence-electron chi connectivity index (χ4n) is 4.63. The molecule has 2 aromatic carbocycles. The molecule has 1 unspecified atom stereocenters. The number of nitrogens with zero attached hydrogens (tertiary/aromatic N) is 2. The smallest absolute Gasteiger partial charge is 0.191 e. The minimum atomic E-state index is -0.521. The molecule has 2 fully saturated rings. The van der Waals surface area contributed by atoms with E-state index in [9.17, 15) is 8.78 Å². The van der Waals surface area contributed by atoms with E-state index in [1.807, 2.05) is 6.07 Å². The van der Waals surface area contributed by atoms with Crippen LogP contribution in [0, 0.1) is 11.6 Å². The fraction of sp³-hybridized carbons (Fsp3) is 0.458. The molecule has 0 bridgehead atoms. The van der Waals surface area contributed by atoms with E-state index in [1.165, 1.54) is 23.8 Å². The Morgan fingerprint density at radius 1 is 1.09 bits per heavy atom. The second-order valence-corrected chi connectivity index (χ2v) is 8.33. The number of benzene rings is 2. The van der Waals surface area contributed by atoms with Crippen molar-refractivity contribution in [2.24, 2.45) is 4.99 Å². The highest BCUT2D eigenvalue weighted by molar-refractivity contribution is 14.0. The van der Waals surface area contributed by atoms with Crippen LogP contribution in [-0.2, 0) is 10.2 Å². The summed E-state index contributed by atoms with van der Waals surface area (Å²) in [6.45, 7) is 3.36. The molecule has 0 spiro atoms. The third-order valence-corrected chi connectivity index (χ3v) is 6.44. The second-order valence-electron chi connectivity index (χ2n) is 8.33. The molecular weight excluding hydrogens is 525 g/mol. The lowest BCUT2D eigenvalue weighted by molar-refractivity contribution is 0.0513. The first-order valence-electron chi connectivity index (χ1n) is 10.9. The standard InChI is InChI=1S/C24H30F2N4O.HI/c1-27-23(28-17-24(11-14-31-15-12-24)18-6-3-2-4-7-18)29-19-10-13-30(16-19)22-20(25)8-5-9-21(22)26;/h2-9,19H,10-17H2,1H3,(H2,27,28,29);1H. The van der Waals surface area contributed by atoms with E-state index in [2.05, 4.69) is 39.9 Å². The van der Waals surface area contributed by atoms with Gasteiger partial charge in [-0.25, -0.2) is 8.78 Å². The van der Waals surface area contributed by atoms with Crippen LogP contribution < -0.4 is 15.5 Å². The Labute approximate surface area is 205 Å². The molecule has 0 amide bonds. The van der Waals surface area contributed by atoms with Crippen molar-refractivity contribution >= 4 is 35.6 Å². The van der Waals surface area contributed by atoms with Crippen molar-refractivity contribution in [3.05, 3.63) is 65.7 Å². The highest BCUT2D eigenvalue weighted by atomic mass is 127. The van der Waals surface area contributed by atoms with Crippen LogP contribution in [0.5, 0.6) is 0 Å². The first-order valence-corrected chi connectivity index (χ1v) is 10.9. The van der Waals surface area contributed by atoms with E-state index in [1.54, 1.807) is 11.9 Å². The number of ether oxygens (including phenoxy) is 1. The van der Waals surface area contributed by atoms with Crippen molar-refractivity contribution in [1.82, 2.24) is 10.6 Å². The molecule has 2 aliphatic rings. The van der Waals surface area contributed by atoms with Gasteiger partial charge in [-0.05, 0) is 37.0 Å². The SMILES string of the molecule is CN=C(NCC1(c2ccccc2)CCOCC1)NC1CCN(c2c(F)cccc2F)C1.I. The van der Waals surface area contributed by atoms with Crippen LogP contribution in [0.25, 0.3) is 0 Å². The van der Waals surface area contributed by atoms with Gasteiger partial charge in [0.15, 0.2) is 5.96 Å². The van der Waals surface area contributed by atoms with E-state index in [-0.39, 0.29) is 41.1 Å². The van der Waals surface area contributed by atoms with Crippen LogP contribution in [0.15, 0.2) is 53.5 Å². The molecule has 2 saturated heterocycles. The highest BCUT2D eigenvalue weighted by Gasteiger charge is 2.35. The van der Waals surface area contributed by atoms with Crippen molar-refractivity contribution < 1.29 is 13.5 Å². The van der Waals surface area contributed by atoms with Gasteiger partial charge in [0.25, 0.3) is 0 Å². The Balaban J connectivity index is 0.00000289. The van der Waals surface area contributed by atoms with E-state index >= 15 is 0 Å².